The maximum atomic E-state index is 13.0. The van der Waals surface area contributed by atoms with Crippen molar-refractivity contribution < 1.29 is 9.18 Å². The molecule has 1 fully saturated rings. The number of piperidine rings is 1. The SMILES string of the molecule is O=C(NCc1ccc(F)cc1)N1CCC(Cn2ccnc2-c2ccccc2)CC1. The summed E-state index contributed by atoms with van der Waals surface area (Å²) in [6.45, 7) is 2.81. The quantitative estimate of drug-likeness (QED) is 0.703. The zero-order valence-electron chi connectivity index (χ0n) is 16.3. The van der Waals surface area contributed by atoms with Gasteiger partial charge in [-0.15, -0.1) is 0 Å². The largest absolute Gasteiger partial charge is 0.334 e. The second kappa shape index (κ2) is 8.90. The highest BCUT2D eigenvalue weighted by atomic mass is 19.1. The van der Waals surface area contributed by atoms with Gasteiger partial charge in [0.25, 0.3) is 0 Å². The van der Waals surface area contributed by atoms with Gasteiger partial charge >= 0.3 is 6.03 Å². The van der Waals surface area contributed by atoms with Crippen molar-refractivity contribution in [1.82, 2.24) is 19.8 Å². The van der Waals surface area contributed by atoms with E-state index in [1.54, 1.807) is 12.1 Å². The fourth-order valence-corrected chi connectivity index (χ4v) is 3.79. The molecule has 0 unspecified atom stereocenters. The third-order valence-electron chi connectivity index (χ3n) is 5.46. The molecule has 3 aromatic rings. The van der Waals surface area contributed by atoms with Gasteiger partial charge in [0.2, 0.25) is 0 Å². The molecule has 0 spiro atoms. The number of amides is 2. The lowest BCUT2D eigenvalue weighted by atomic mass is 9.97. The maximum Gasteiger partial charge on any atom is 0.317 e. The third kappa shape index (κ3) is 4.83. The first-order valence-electron chi connectivity index (χ1n) is 10.0. The van der Waals surface area contributed by atoms with Crippen LogP contribution in [-0.4, -0.2) is 33.6 Å². The van der Waals surface area contributed by atoms with Crippen LogP contribution in [0, 0.1) is 11.7 Å². The van der Waals surface area contributed by atoms with Crippen LogP contribution < -0.4 is 5.32 Å². The van der Waals surface area contributed by atoms with Crippen molar-refractivity contribution in [3.63, 3.8) is 0 Å². The number of benzene rings is 2. The summed E-state index contributed by atoms with van der Waals surface area (Å²) >= 11 is 0. The standard InChI is InChI=1S/C23H25FN4O/c24-21-8-6-18(7-9-21)16-26-23(29)27-13-10-19(11-14-27)17-28-15-12-25-22(28)20-4-2-1-3-5-20/h1-9,12,15,19H,10-11,13-14,16-17H2,(H,26,29). The molecule has 2 amide bonds. The molecule has 2 aromatic carbocycles. The lowest BCUT2D eigenvalue weighted by Gasteiger charge is -2.32. The highest BCUT2D eigenvalue weighted by Gasteiger charge is 2.23. The van der Waals surface area contributed by atoms with Crippen LogP contribution in [0.5, 0.6) is 0 Å². The van der Waals surface area contributed by atoms with Gasteiger partial charge in [0.15, 0.2) is 0 Å². The number of rotatable bonds is 5. The molecule has 5 nitrogen and oxygen atoms in total. The van der Waals surface area contributed by atoms with Crippen molar-refractivity contribution in [3.8, 4) is 11.4 Å². The van der Waals surface area contributed by atoms with E-state index >= 15 is 0 Å². The van der Waals surface area contributed by atoms with Gasteiger partial charge < -0.3 is 14.8 Å². The molecular weight excluding hydrogens is 367 g/mol. The number of carbonyl (C=O) groups excluding carboxylic acids is 1. The van der Waals surface area contributed by atoms with Gasteiger partial charge in [-0.3, -0.25) is 0 Å². The van der Waals surface area contributed by atoms with E-state index in [0.717, 1.165) is 49.4 Å². The number of hydrogen-bond acceptors (Lipinski definition) is 2. The number of halogens is 1. The van der Waals surface area contributed by atoms with E-state index in [1.165, 1.54) is 12.1 Å². The van der Waals surface area contributed by atoms with E-state index in [0.29, 0.717) is 12.5 Å². The van der Waals surface area contributed by atoms with Gasteiger partial charge in [0.1, 0.15) is 11.6 Å². The number of urea groups is 1. The predicted octanol–water partition coefficient (Wildman–Crippen LogP) is 4.31. The Hall–Kier alpha value is -3.15. The number of hydrogen-bond donors (Lipinski definition) is 1. The predicted molar refractivity (Wildman–Crippen MR) is 111 cm³/mol. The number of nitrogens with zero attached hydrogens (tertiary/aromatic N) is 3. The summed E-state index contributed by atoms with van der Waals surface area (Å²) < 4.78 is 15.2. The molecule has 1 aliphatic rings. The molecule has 0 aliphatic carbocycles. The van der Waals surface area contributed by atoms with E-state index in [1.807, 2.05) is 35.5 Å². The zero-order chi connectivity index (χ0) is 20.1. The molecule has 0 saturated carbocycles. The normalized spacial score (nSPS) is 14.7. The molecule has 29 heavy (non-hydrogen) atoms. The van der Waals surface area contributed by atoms with Crippen molar-refractivity contribution >= 4 is 6.03 Å². The van der Waals surface area contributed by atoms with Crippen LogP contribution in [0.4, 0.5) is 9.18 Å². The summed E-state index contributed by atoms with van der Waals surface area (Å²) in [4.78, 5) is 18.8. The van der Waals surface area contributed by atoms with E-state index in [4.69, 9.17) is 0 Å². The second-order valence-electron chi connectivity index (χ2n) is 7.48. The number of imidazole rings is 1. The van der Waals surface area contributed by atoms with Crippen LogP contribution in [0.3, 0.4) is 0 Å². The summed E-state index contributed by atoms with van der Waals surface area (Å²) in [5.41, 5.74) is 2.01. The minimum atomic E-state index is -0.268. The summed E-state index contributed by atoms with van der Waals surface area (Å²) in [6, 6.07) is 16.4. The summed E-state index contributed by atoms with van der Waals surface area (Å²) in [7, 11) is 0. The highest BCUT2D eigenvalue weighted by Crippen LogP contribution is 2.23. The van der Waals surface area contributed by atoms with Gasteiger partial charge in [0.05, 0.1) is 0 Å². The van der Waals surface area contributed by atoms with Crippen molar-refractivity contribution in [2.75, 3.05) is 13.1 Å². The first-order valence-corrected chi connectivity index (χ1v) is 10.0. The Morgan fingerprint density at radius 1 is 1.07 bits per heavy atom. The van der Waals surface area contributed by atoms with Crippen LogP contribution in [0.1, 0.15) is 18.4 Å². The van der Waals surface area contributed by atoms with Crippen LogP contribution >= 0.6 is 0 Å². The van der Waals surface area contributed by atoms with E-state index < -0.39 is 0 Å². The average Bonchev–Trinajstić information content (AvgIpc) is 3.22. The Bertz CT molecular complexity index is 931. The van der Waals surface area contributed by atoms with E-state index in [9.17, 15) is 9.18 Å². The molecule has 0 atom stereocenters. The Kier molecular flexibility index (Phi) is 5.89. The molecule has 0 bridgehead atoms. The van der Waals surface area contributed by atoms with Crippen LogP contribution in [-0.2, 0) is 13.1 Å². The Morgan fingerprint density at radius 2 is 1.79 bits per heavy atom. The molecule has 150 valence electrons. The number of likely N-dealkylation sites (tertiary alicyclic amines) is 1. The topological polar surface area (TPSA) is 50.2 Å². The summed E-state index contributed by atoms with van der Waals surface area (Å²) in [5.74, 6) is 1.24. The molecule has 1 aliphatic heterocycles. The molecule has 0 radical (unpaired) electrons. The summed E-state index contributed by atoms with van der Waals surface area (Å²) in [5, 5.41) is 2.93. The Morgan fingerprint density at radius 3 is 2.52 bits per heavy atom. The first-order chi connectivity index (χ1) is 14.2. The lowest BCUT2D eigenvalue weighted by molar-refractivity contribution is 0.165. The van der Waals surface area contributed by atoms with Crippen molar-refractivity contribution in [3.05, 3.63) is 78.4 Å². The maximum absolute atomic E-state index is 13.0. The minimum Gasteiger partial charge on any atom is -0.334 e. The Labute approximate surface area is 170 Å². The van der Waals surface area contributed by atoms with Gasteiger partial charge in [-0.25, -0.2) is 14.2 Å². The smallest absolute Gasteiger partial charge is 0.317 e. The van der Waals surface area contributed by atoms with Crippen LogP contribution in [0.25, 0.3) is 11.4 Å². The van der Waals surface area contributed by atoms with Crippen LogP contribution in [0.2, 0.25) is 0 Å². The molecule has 4 rings (SSSR count). The monoisotopic (exact) mass is 392 g/mol. The van der Waals surface area contributed by atoms with Gasteiger partial charge in [0, 0.05) is 44.1 Å². The zero-order valence-corrected chi connectivity index (χ0v) is 16.3. The first kappa shape index (κ1) is 19.2. The second-order valence-corrected chi connectivity index (χ2v) is 7.48. The summed E-state index contributed by atoms with van der Waals surface area (Å²) in [6.07, 6.45) is 5.82. The molecular formula is C23H25FN4O. The Balaban J connectivity index is 1.27. The number of carbonyl (C=O) groups is 1. The lowest BCUT2D eigenvalue weighted by Crippen LogP contribution is -2.44. The molecule has 1 aromatic heterocycles. The molecule has 1 N–H and O–H groups in total. The van der Waals surface area contributed by atoms with Crippen molar-refractivity contribution in [2.24, 2.45) is 5.92 Å². The molecule has 6 heteroatoms. The fourth-order valence-electron chi connectivity index (χ4n) is 3.79. The molecule has 2 heterocycles. The van der Waals surface area contributed by atoms with Crippen molar-refractivity contribution in [1.29, 1.82) is 0 Å². The van der Waals surface area contributed by atoms with Gasteiger partial charge in [-0.05, 0) is 36.5 Å². The van der Waals surface area contributed by atoms with Gasteiger partial charge in [-0.2, -0.15) is 0 Å². The van der Waals surface area contributed by atoms with Crippen molar-refractivity contribution in [2.45, 2.75) is 25.9 Å². The highest BCUT2D eigenvalue weighted by molar-refractivity contribution is 5.74. The van der Waals surface area contributed by atoms with Crippen LogP contribution in [0.15, 0.2) is 67.0 Å². The fraction of sp³-hybridized carbons (Fsp3) is 0.304. The third-order valence-corrected chi connectivity index (χ3v) is 5.46. The number of aromatic nitrogens is 2. The average molecular weight is 392 g/mol. The number of nitrogens with one attached hydrogen (secondary N) is 1. The minimum absolute atomic E-state index is 0.0552. The molecule has 1 saturated heterocycles. The van der Waals surface area contributed by atoms with E-state index in [2.05, 4.69) is 27.0 Å². The van der Waals surface area contributed by atoms with E-state index in [-0.39, 0.29) is 11.8 Å². The van der Waals surface area contributed by atoms with Gasteiger partial charge in [-0.1, -0.05) is 42.5 Å².